The largest absolute Gasteiger partial charge is 0.388 e. The minimum absolute atomic E-state index is 0.510. The van der Waals surface area contributed by atoms with Gasteiger partial charge in [-0.1, -0.05) is 0 Å². The van der Waals surface area contributed by atoms with Gasteiger partial charge in [-0.05, 0) is 13.8 Å². The van der Waals surface area contributed by atoms with Gasteiger partial charge in [0.1, 0.15) is 12.9 Å². The van der Waals surface area contributed by atoms with Crippen LogP contribution in [0.1, 0.15) is 19.7 Å². The average Bonchev–Trinajstić information content (AvgIpc) is 2.47. The van der Waals surface area contributed by atoms with Gasteiger partial charge in [-0.3, -0.25) is 4.99 Å². The fourth-order valence-electron chi connectivity index (χ4n) is 0.861. The van der Waals surface area contributed by atoms with E-state index in [2.05, 4.69) is 15.2 Å². The number of nitrogens with zero attached hydrogens (tertiary/aromatic N) is 4. The quantitative estimate of drug-likeness (QED) is 0.515. The summed E-state index contributed by atoms with van der Waals surface area (Å²) in [6.07, 6.45) is 1.69. The Bertz CT molecular complexity index is 271. The zero-order valence-corrected chi connectivity index (χ0v) is 7.36. The summed E-state index contributed by atoms with van der Waals surface area (Å²) >= 11 is 0. The van der Waals surface area contributed by atoms with Gasteiger partial charge < -0.3 is 10.3 Å². The van der Waals surface area contributed by atoms with E-state index in [0.717, 1.165) is 12.4 Å². The van der Waals surface area contributed by atoms with Gasteiger partial charge in [-0.25, -0.2) is 0 Å². The molecule has 12 heavy (non-hydrogen) atoms. The molecule has 0 amide bonds. The van der Waals surface area contributed by atoms with Crippen molar-refractivity contribution in [3.63, 3.8) is 0 Å². The van der Waals surface area contributed by atoms with E-state index in [1.165, 1.54) is 0 Å². The zero-order valence-electron chi connectivity index (χ0n) is 7.36. The first-order chi connectivity index (χ1) is 5.74. The SMILES string of the molecule is CCn1cnnc1CN=C(C)N. The first kappa shape index (κ1) is 8.70. The Balaban J connectivity index is 2.68. The second-order valence-corrected chi connectivity index (χ2v) is 2.49. The molecule has 0 saturated carbocycles. The minimum Gasteiger partial charge on any atom is -0.388 e. The number of aliphatic imine (C=N–C) groups is 1. The summed E-state index contributed by atoms with van der Waals surface area (Å²) in [5.74, 6) is 1.42. The second kappa shape index (κ2) is 3.85. The van der Waals surface area contributed by atoms with Crippen LogP contribution in [0, 0.1) is 0 Å². The third kappa shape index (κ3) is 2.05. The molecule has 0 aliphatic carbocycles. The van der Waals surface area contributed by atoms with E-state index in [9.17, 15) is 0 Å². The molecule has 66 valence electrons. The van der Waals surface area contributed by atoms with Crippen LogP contribution in [-0.4, -0.2) is 20.6 Å². The fraction of sp³-hybridized carbons (Fsp3) is 0.571. The Morgan fingerprint density at radius 3 is 3.08 bits per heavy atom. The van der Waals surface area contributed by atoms with Gasteiger partial charge in [0.15, 0.2) is 5.82 Å². The number of aromatic nitrogens is 3. The Hall–Kier alpha value is -1.39. The van der Waals surface area contributed by atoms with Crippen LogP contribution in [0.5, 0.6) is 0 Å². The summed E-state index contributed by atoms with van der Waals surface area (Å²) in [6.45, 7) is 5.16. The molecule has 0 saturated heterocycles. The molecule has 1 heterocycles. The molecule has 0 unspecified atom stereocenters. The molecule has 0 aromatic carbocycles. The Labute approximate surface area is 71.3 Å². The van der Waals surface area contributed by atoms with E-state index >= 15 is 0 Å². The van der Waals surface area contributed by atoms with Crippen molar-refractivity contribution in [1.82, 2.24) is 14.8 Å². The smallest absolute Gasteiger partial charge is 0.154 e. The summed E-state index contributed by atoms with van der Waals surface area (Å²) in [7, 11) is 0. The monoisotopic (exact) mass is 167 g/mol. The van der Waals surface area contributed by atoms with Gasteiger partial charge in [0, 0.05) is 6.54 Å². The lowest BCUT2D eigenvalue weighted by atomic mass is 10.5. The maximum Gasteiger partial charge on any atom is 0.154 e. The molecule has 5 nitrogen and oxygen atoms in total. The highest BCUT2D eigenvalue weighted by Crippen LogP contribution is 1.96. The molecule has 0 aliphatic heterocycles. The molecular weight excluding hydrogens is 154 g/mol. The highest BCUT2D eigenvalue weighted by atomic mass is 15.3. The lowest BCUT2D eigenvalue weighted by Crippen LogP contribution is -2.07. The lowest BCUT2D eigenvalue weighted by molar-refractivity contribution is 0.699. The van der Waals surface area contributed by atoms with Crippen LogP contribution in [0.25, 0.3) is 0 Å². The van der Waals surface area contributed by atoms with E-state index in [0.29, 0.717) is 12.4 Å². The van der Waals surface area contributed by atoms with Gasteiger partial charge >= 0.3 is 0 Å². The minimum atomic E-state index is 0.510. The van der Waals surface area contributed by atoms with E-state index in [1.54, 1.807) is 13.3 Å². The van der Waals surface area contributed by atoms with E-state index in [-0.39, 0.29) is 0 Å². The number of hydrogen-bond acceptors (Lipinski definition) is 3. The fourth-order valence-corrected chi connectivity index (χ4v) is 0.861. The lowest BCUT2D eigenvalue weighted by Gasteiger charge is -1.98. The van der Waals surface area contributed by atoms with Crippen LogP contribution in [0.4, 0.5) is 0 Å². The van der Waals surface area contributed by atoms with Gasteiger partial charge in [-0.2, -0.15) is 0 Å². The van der Waals surface area contributed by atoms with Crippen molar-refractivity contribution in [2.75, 3.05) is 0 Å². The van der Waals surface area contributed by atoms with Crippen LogP contribution >= 0.6 is 0 Å². The summed E-state index contributed by atoms with van der Waals surface area (Å²) in [5.41, 5.74) is 5.39. The van der Waals surface area contributed by atoms with Crippen molar-refractivity contribution < 1.29 is 0 Å². The molecule has 0 atom stereocenters. The van der Waals surface area contributed by atoms with Gasteiger partial charge in [0.2, 0.25) is 0 Å². The van der Waals surface area contributed by atoms with Crippen molar-refractivity contribution in [2.45, 2.75) is 26.9 Å². The van der Waals surface area contributed by atoms with Crippen molar-refractivity contribution in [3.05, 3.63) is 12.2 Å². The summed E-state index contributed by atoms with van der Waals surface area (Å²) in [6, 6.07) is 0. The van der Waals surface area contributed by atoms with E-state index < -0.39 is 0 Å². The van der Waals surface area contributed by atoms with Crippen LogP contribution in [0.2, 0.25) is 0 Å². The molecular formula is C7H13N5. The standard InChI is InChI=1S/C7H13N5/c1-3-12-5-10-11-7(12)4-9-6(2)8/h5H,3-4H2,1-2H3,(H2,8,9). The van der Waals surface area contributed by atoms with Crippen molar-refractivity contribution in [3.8, 4) is 0 Å². The Morgan fingerprint density at radius 2 is 2.50 bits per heavy atom. The zero-order chi connectivity index (χ0) is 8.97. The molecule has 2 N–H and O–H groups in total. The molecule has 0 aliphatic rings. The number of hydrogen-bond donors (Lipinski definition) is 1. The van der Waals surface area contributed by atoms with Crippen LogP contribution in [-0.2, 0) is 13.1 Å². The normalized spacial score (nSPS) is 12.0. The van der Waals surface area contributed by atoms with Crippen LogP contribution in [0.3, 0.4) is 0 Å². The maximum absolute atomic E-state index is 5.39. The first-order valence-corrected chi connectivity index (χ1v) is 3.87. The summed E-state index contributed by atoms with van der Waals surface area (Å²) in [4.78, 5) is 4.05. The molecule has 0 fully saturated rings. The molecule has 0 radical (unpaired) electrons. The molecule has 0 spiro atoms. The molecule has 1 rings (SSSR count). The highest BCUT2D eigenvalue weighted by molar-refractivity contribution is 5.77. The number of rotatable bonds is 3. The predicted molar refractivity (Wildman–Crippen MR) is 46.7 cm³/mol. The van der Waals surface area contributed by atoms with Crippen LogP contribution < -0.4 is 5.73 Å². The van der Waals surface area contributed by atoms with E-state index in [4.69, 9.17) is 5.73 Å². The summed E-state index contributed by atoms with van der Waals surface area (Å²) in [5, 5.41) is 7.68. The molecule has 0 bridgehead atoms. The second-order valence-electron chi connectivity index (χ2n) is 2.49. The molecule has 1 aromatic rings. The van der Waals surface area contributed by atoms with Gasteiger partial charge in [0.05, 0.1) is 5.84 Å². The predicted octanol–water partition coefficient (Wildman–Crippen LogP) is 0.175. The number of aryl methyl sites for hydroxylation is 1. The van der Waals surface area contributed by atoms with Crippen LogP contribution in [0.15, 0.2) is 11.3 Å². The average molecular weight is 167 g/mol. The van der Waals surface area contributed by atoms with Crippen molar-refractivity contribution in [2.24, 2.45) is 10.7 Å². The maximum atomic E-state index is 5.39. The topological polar surface area (TPSA) is 69.1 Å². The van der Waals surface area contributed by atoms with Crippen molar-refractivity contribution >= 4 is 5.84 Å². The van der Waals surface area contributed by atoms with E-state index in [1.807, 2.05) is 11.5 Å². The number of nitrogens with two attached hydrogens (primary N) is 1. The molecule has 1 aromatic heterocycles. The van der Waals surface area contributed by atoms with Gasteiger partial charge in [0.25, 0.3) is 0 Å². The first-order valence-electron chi connectivity index (χ1n) is 3.87. The number of amidine groups is 1. The Morgan fingerprint density at radius 1 is 1.75 bits per heavy atom. The van der Waals surface area contributed by atoms with Gasteiger partial charge in [-0.15, -0.1) is 10.2 Å². The highest BCUT2D eigenvalue weighted by Gasteiger charge is 1.99. The third-order valence-corrected chi connectivity index (χ3v) is 1.51. The Kier molecular flexibility index (Phi) is 2.79. The van der Waals surface area contributed by atoms with Crippen molar-refractivity contribution in [1.29, 1.82) is 0 Å². The molecule has 5 heteroatoms. The third-order valence-electron chi connectivity index (χ3n) is 1.51. The summed E-state index contributed by atoms with van der Waals surface area (Å²) < 4.78 is 1.94.